The van der Waals surface area contributed by atoms with Crippen molar-refractivity contribution in [3.8, 4) is 0 Å². The molecule has 0 spiro atoms. The van der Waals surface area contributed by atoms with Crippen LogP contribution >= 0.6 is 35.4 Å². The first-order chi connectivity index (χ1) is 13.0. The Bertz CT molecular complexity index is 835. The summed E-state index contributed by atoms with van der Waals surface area (Å²) in [5.41, 5.74) is 10.9. The molecule has 1 heterocycles. The Kier molecular flexibility index (Phi) is 6.90. The van der Waals surface area contributed by atoms with Crippen molar-refractivity contribution in [3.63, 3.8) is 0 Å². The molecule has 0 unspecified atom stereocenters. The zero-order valence-corrected chi connectivity index (χ0v) is 17.1. The van der Waals surface area contributed by atoms with Gasteiger partial charge in [0.25, 0.3) is 0 Å². The van der Waals surface area contributed by atoms with E-state index in [0.717, 1.165) is 49.0 Å². The minimum absolute atomic E-state index is 0.119. The van der Waals surface area contributed by atoms with E-state index < -0.39 is 0 Å². The summed E-state index contributed by atoms with van der Waals surface area (Å²) in [6, 6.07) is 14.0. The van der Waals surface area contributed by atoms with Crippen molar-refractivity contribution in [3.05, 3.63) is 63.6 Å². The molecule has 3 N–H and O–H groups in total. The molecule has 0 radical (unpaired) electrons. The zero-order valence-electron chi connectivity index (χ0n) is 14.7. The first-order valence-corrected chi connectivity index (χ1v) is 9.78. The van der Waals surface area contributed by atoms with Crippen molar-refractivity contribution in [1.29, 1.82) is 0 Å². The van der Waals surface area contributed by atoms with Crippen molar-refractivity contribution in [2.24, 2.45) is 10.8 Å². The van der Waals surface area contributed by atoms with Crippen LogP contribution in [0.1, 0.15) is 11.1 Å². The fourth-order valence-electron chi connectivity index (χ4n) is 3.01. The fraction of sp³-hybridized carbons (Fsp3) is 0.263. The van der Waals surface area contributed by atoms with E-state index in [2.05, 4.69) is 32.5 Å². The topological polar surface area (TPSA) is 56.9 Å². The van der Waals surface area contributed by atoms with Gasteiger partial charge in [-0.05, 0) is 42.0 Å². The molecule has 0 amide bonds. The molecule has 5 nitrogen and oxygen atoms in total. The van der Waals surface area contributed by atoms with Crippen molar-refractivity contribution < 1.29 is 0 Å². The smallest absolute Gasteiger partial charge is 0.184 e. The molecule has 0 bridgehead atoms. The molecule has 0 aliphatic carbocycles. The Morgan fingerprint density at radius 1 is 1.11 bits per heavy atom. The third-order valence-electron chi connectivity index (χ3n) is 4.45. The molecule has 0 atom stereocenters. The standard InChI is InChI=1S/C19H21Cl2N5S/c20-17-4-2-1-3-15(17)13-25-7-9-26(10-8-25)16-6-5-14(18(21)11-16)12-23-24-19(22)27/h1-6,11-12H,7-10,13H2,(H3,22,24,27). The molecule has 8 heteroatoms. The van der Waals surface area contributed by atoms with Gasteiger partial charge in [-0.15, -0.1) is 0 Å². The second-order valence-electron chi connectivity index (χ2n) is 6.29. The lowest BCUT2D eigenvalue weighted by Crippen LogP contribution is -2.46. The monoisotopic (exact) mass is 421 g/mol. The van der Waals surface area contributed by atoms with Gasteiger partial charge in [-0.25, -0.2) is 0 Å². The number of halogens is 2. The van der Waals surface area contributed by atoms with Gasteiger partial charge < -0.3 is 10.6 Å². The summed E-state index contributed by atoms with van der Waals surface area (Å²) >= 11 is 17.4. The first-order valence-electron chi connectivity index (χ1n) is 8.61. The van der Waals surface area contributed by atoms with Crippen LogP contribution in [0.5, 0.6) is 0 Å². The van der Waals surface area contributed by atoms with Crippen LogP contribution in [0, 0.1) is 0 Å². The van der Waals surface area contributed by atoms with E-state index in [1.54, 1.807) is 6.21 Å². The van der Waals surface area contributed by atoms with Crippen LogP contribution in [0.4, 0.5) is 5.69 Å². The molecule has 1 aliphatic rings. The summed E-state index contributed by atoms with van der Waals surface area (Å²) in [5, 5.41) is 5.53. The lowest BCUT2D eigenvalue weighted by molar-refractivity contribution is 0.250. The number of nitrogens with two attached hydrogens (primary N) is 1. The van der Waals surface area contributed by atoms with Crippen molar-refractivity contribution in [2.45, 2.75) is 6.54 Å². The van der Waals surface area contributed by atoms with Gasteiger partial charge in [0.15, 0.2) is 5.11 Å². The number of piperazine rings is 1. The van der Waals surface area contributed by atoms with Crippen LogP contribution in [-0.2, 0) is 6.54 Å². The second kappa shape index (κ2) is 9.37. The molecule has 1 aliphatic heterocycles. The van der Waals surface area contributed by atoms with Crippen LogP contribution in [0.15, 0.2) is 47.6 Å². The molecular weight excluding hydrogens is 401 g/mol. The summed E-state index contributed by atoms with van der Waals surface area (Å²) in [6.45, 7) is 4.71. The highest BCUT2D eigenvalue weighted by molar-refractivity contribution is 7.80. The van der Waals surface area contributed by atoms with E-state index in [1.807, 2.05) is 30.3 Å². The van der Waals surface area contributed by atoms with Crippen LogP contribution in [0.25, 0.3) is 0 Å². The average molecular weight is 422 g/mol. The lowest BCUT2D eigenvalue weighted by atomic mass is 10.1. The van der Waals surface area contributed by atoms with Gasteiger partial charge in [-0.1, -0.05) is 41.4 Å². The largest absolute Gasteiger partial charge is 0.375 e. The maximum atomic E-state index is 6.38. The lowest BCUT2D eigenvalue weighted by Gasteiger charge is -2.36. The predicted molar refractivity (Wildman–Crippen MR) is 118 cm³/mol. The maximum Gasteiger partial charge on any atom is 0.184 e. The third-order valence-corrected chi connectivity index (χ3v) is 5.24. The Hall–Kier alpha value is -1.86. The Labute approximate surface area is 174 Å². The summed E-state index contributed by atoms with van der Waals surface area (Å²) < 4.78 is 0. The minimum Gasteiger partial charge on any atom is -0.375 e. The number of hydrogen-bond acceptors (Lipinski definition) is 4. The Balaban J connectivity index is 1.58. The summed E-state index contributed by atoms with van der Waals surface area (Å²) in [4.78, 5) is 4.75. The number of rotatable bonds is 5. The molecule has 1 saturated heterocycles. The maximum absolute atomic E-state index is 6.38. The molecular formula is C19H21Cl2N5S. The molecule has 0 aromatic heterocycles. The van der Waals surface area contributed by atoms with Crippen molar-refractivity contribution in [2.75, 3.05) is 31.1 Å². The van der Waals surface area contributed by atoms with Gasteiger partial charge in [0, 0.05) is 49.0 Å². The molecule has 3 rings (SSSR count). The molecule has 27 heavy (non-hydrogen) atoms. The van der Waals surface area contributed by atoms with Gasteiger partial charge in [0.2, 0.25) is 0 Å². The molecule has 0 saturated carbocycles. The Morgan fingerprint density at radius 2 is 1.85 bits per heavy atom. The fourth-order valence-corrected chi connectivity index (χ4v) is 3.49. The van der Waals surface area contributed by atoms with Gasteiger partial charge in [-0.3, -0.25) is 10.3 Å². The second-order valence-corrected chi connectivity index (χ2v) is 7.55. The average Bonchev–Trinajstić information content (AvgIpc) is 2.65. The van der Waals surface area contributed by atoms with Crippen molar-refractivity contribution in [1.82, 2.24) is 10.3 Å². The molecule has 1 fully saturated rings. The highest BCUT2D eigenvalue weighted by atomic mass is 35.5. The highest BCUT2D eigenvalue weighted by Crippen LogP contribution is 2.25. The first kappa shape index (κ1) is 19.9. The number of benzene rings is 2. The number of hydrogen-bond donors (Lipinski definition) is 2. The van der Waals surface area contributed by atoms with Crippen LogP contribution in [0.3, 0.4) is 0 Å². The SMILES string of the molecule is NC(=S)NN=Cc1ccc(N2CCN(Cc3ccccc3Cl)CC2)cc1Cl. The molecule has 2 aromatic carbocycles. The third kappa shape index (κ3) is 5.56. The zero-order chi connectivity index (χ0) is 19.2. The highest BCUT2D eigenvalue weighted by Gasteiger charge is 2.18. The Morgan fingerprint density at radius 3 is 2.52 bits per heavy atom. The predicted octanol–water partition coefficient (Wildman–Crippen LogP) is 3.48. The summed E-state index contributed by atoms with van der Waals surface area (Å²) in [5.74, 6) is 0. The van der Waals surface area contributed by atoms with E-state index in [-0.39, 0.29) is 5.11 Å². The van der Waals surface area contributed by atoms with E-state index in [9.17, 15) is 0 Å². The van der Waals surface area contributed by atoms with Crippen LogP contribution in [0.2, 0.25) is 10.0 Å². The quantitative estimate of drug-likeness (QED) is 0.439. The molecule has 2 aromatic rings. The van der Waals surface area contributed by atoms with E-state index in [4.69, 9.17) is 41.2 Å². The summed E-state index contributed by atoms with van der Waals surface area (Å²) in [7, 11) is 0. The number of nitrogens with one attached hydrogen (secondary N) is 1. The van der Waals surface area contributed by atoms with Gasteiger partial charge in [-0.2, -0.15) is 5.10 Å². The minimum atomic E-state index is 0.119. The number of nitrogens with zero attached hydrogens (tertiary/aromatic N) is 3. The summed E-state index contributed by atoms with van der Waals surface area (Å²) in [6.07, 6.45) is 1.60. The van der Waals surface area contributed by atoms with Gasteiger partial charge in [0.05, 0.1) is 11.2 Å². The van der Waals surface area contributed by atoms with Crippen molar-refractivity contribution >= 4 is 52.4 Å². The van der Waals surface area contributed by atoms with Crippen LogP contribution in [-0.4, -0.2) is 42.4 Å². The van der Waals surface area contributed by atoms with E-state index >= 15 is 0 Å². The van der Waals surface area contributed by atoms with Gasteiger partial charge in [0.1, 0.15) is 0 Å². The van der Waals surface area contributed by atoms with E-state index in [1.165, 1.54) is 5.56 Å². The van der Waals surface area contributed by atoms with E-state index in [0.29, 0.717) is 5.02 Å². The van der Waals surface area contributed by atoms with Gasteiger partial charge >= 0.3 is 0 Å². The normalized spacial score (nSPS) is 15.3. The number of hydrazone groups is 1. The molecule has 142 valence electrons. The number of anilines is 1. The number of thiocarbonyl (C=S) groups is 1. The van der Waals surface area contributed by atoms with Crippen LogP contribution < -0.4 is 16.1 Å².